The van der Waals surface area contributed by atoms with Crippen molar-refractivity contribution in [1.82, 2.24) is 9.55 Å². The fourth-order valence-electron chi connectivity index (χ4n) is 2.01. The average molecular weight is 260 g/mol. The minimum atomic E-state index is -0.359. The van der Waals surface area contributed by atoms with Crippen molar-refractivity contribution in [2.24, 2.45) is 0 Å². The lowest BCUT2D eigenvalue weighted by Gasteiger charge is -2.12. The van der Waals surface area contributed by atoms with Gasteiger partial charge in [0.1, 0.15) is 11.5 Å². The summed E-state index contributed by atoms with van der Waals surface area (Å²) in [6, 6.07) is 5.12. The molecule has 6 nitrogen and oxygen atoms in total. The van der Waals surface area contributed by atoms with Crippen molar-refractivity contribution < 1.29 is 4.92 Å². The van der Waals surface area contributed by atoms with E-state index in [0.717, 1.165) is 11.4 Å². The van der Waals surface area contributed by atoms with Gasteiger partial charge >= 0.3 is 0 Å². The summed E-state index contributed by atoms with van der Waals surface area (Å²) in [4.78, 5) is 14.9. The van der Waals surface area contributed by atoms with E-state index in [0.29, 0.717) is 18.8 Å². The van der Waals surface area contributed by atoms with Crippen molar-refractivity contribution in [2.75, 3.05) is 11.9 Å². The summed E-state index contributed by atoms with van der Waals surface area (Å²) >= 11 is 0. The molecule has 6 heteroatoms. The van der Waals surface area contributed by atoms with Crippen LogP contribution < -0.4 is 5.32 Å². The van der Waals surface area contributed by atoms with Crippen LogP contribution >= 0.6 is 0 Å². The monoisotopic (exact) mass is 260 g/mol. The molecule has 0 spiro atoms. The summed E-state index contributed by atoms with van der Waals surface area (Å²) in [5, 5.41) is 14.1. The van der Waals surface area contributed by atoms with Gasteiger partial charge in [0, 0.05) is 30.6 Å². The van der Waals surface area contributed by atoms with E-state index >= 15 is 0 Å². The summed E-state index contributed by atoms with van der Waals surface area (Å²) < 4.78 is 1.96. The van der Waals surface area contributed by atoms with E-state index in [1.807, 2.05) is 30.7 Å². The Labute approximate surface area is 111 Å². The number of aromatic nitrogens is 2. The van der Waals surface area contributed by atoms with Crippen LogP contribution in [0.2, 0.25) is 0 Å². The molecular weight excluding hydrogens is 244 g/mol. The largest absolute Gasteiger partial charge is 0.379 e. The summed E-state index contributed by atoms with van der Waals surface area (Å²) in [6.45, 7) is 5.03. The number of nitro groups is 1. The van der Waals surface area contributed by atoms with Gasteiger partial charge in [-0.2, -0.15) is 0 Å². The van der Waals surface area contributed by atoms with Crippen LogP contribution in [0.25, 0.3) is 0 Å². The Bertz CT molecular complexity index is 592. The second-order valence-corrected chi connectivity index (χ2v) is 4.20. The van der Waals surface area contributed by atoms with Crippen LogP contribution in [0.15, 0.2) is 30.6 Å². The Morgan fingerprint density at radius 2 is 2.26 bits per heavy atom. The maximum absolute atomic E-state index is 11.1. The number of anilines is 1. The van der Waals surface area contributed by atoms with E-state index in [1.165, 1.54) is 6.07 Å². The number of para-hydroxylation sites is 1. The first-order chi connectivity index (χ1) is 9.13. The Kier molecular flexibility index (Phi) is 3.79. The third-order valence-corrected chi connectivity index (χ3v) is 2.94. The fraction of sp³-hybridized carbons (Fsp3) is 0.308. The Hall–Kier alpha value is -2.37. The highest BCUT2D eigenvalue weighted by Crippen LogP contribution is 2.28. The van der Waals surface area contributed by atoms with Crippen LogP contribution in [0.3, 0.4) is 0 Å². The predicted octanol–water partition coefficient (Wildman–Crippen LogP) is 2.58. The van der Waals surface area contributed by atoms with Crippen LogP contribution in [-0.4, -0.2) is 21.0 Å². The van der Waals surface area contributed by atoms with Crippen LogP contribution in [0.5, 0.6) is 0 Å². The molecule has 2 aromatic rings. The topological polar surface area (TPSA) is 73.0 Å². The smallest absolute Gasteiger partial charge is 0.292 e. The van der Waals surface area contributed by atoms with Gasteiger partial charge in [0.25, 0.3) is 5.69 Å². The molecule has 1 heterocycles. The van der Waals surface area contributed by atoms with Gasteiger partial charge in [0.05, 0.1) is 11.5 Å². The highest BCUT2D eigenvalue weighted by atomic mass is 16.6. The molecule has 0 aliphatic rings. The molecule has 0 aliphatic heterocycles. The number of rotatable bonds is 5. The number of benzene rings is 1. The van der Waals surface area contributed by atoms with Gasteiger partial charge in [-0.1, -0.05) is 12.1 Å². The fourth-order valence-corrected chi connectivity index (χ4v) is 2.01. The van der Waals surface area contributed by atoms with E-state index in [-0.39, 0.29) is 10.6 Å². The number of nitro benzene ring substituents is 1. The van der Waals surface area contributed by atoms with Crippen LogP contribution in [0, 0.1) is 17.0 Å². The molecule has 19 heavy (non-hydrogen) atoms. The van der Waals surface area contributed by atoms with Crippen LogP contribution in [0.1, 0.15) is 18.3 Å². The minimum Gasteiger partial charge on any atom is -0.379 e. The van der Waals surface area contributed by atoms with E-state index in [4.69, 9.17) is 0 Å². The molecule has 0 unspecified atom stereocenters. The average Bonchev–Trinajstić information content (AvgIpc) is 2.77. The van der Waals surface area contributed by atoms with E-state index in [1.54, 1.807) is 12.3 Å². The molecule has 0 saturated carbocycles. The highest BCUT2D eigenvalue weighted by Gasteiger charge is 2.17. The maximum atomic E-state index is 11.1. The van der Waals surface area contributed by atoms with Crippen molar-refractivity contribution in [3.8, 4) is 0 Å². The second-order valence-electron chi connectivity index (χ2n) is 4.20. The molecule has 0 radical (unpaired) electrons. The molecule has 0 aliphatic carbocycles. The summed E-state index contributed by atoms with van der Waals surface area (Å²) in [5.41, 5.74) is 1.58. The minimum absolute atomic E-state index is 0.108. The number of nitrogens with zero attached hydrogens (tertiary/aromatic N) is 3. The molecular formula is C13H16N4O2. The normalized spacial score (nSPS) is 10.4. The van der Waals surface area contributed by atoms with Crippen molar-refractivity contribution in [3.63, 3.8) is 0 Å². The molecule has 0 amide bonds. The van der Waals surface area contributed by atoms with E-state index < -0.39 is 0 Å². The van der Waals surface area contributed by atoms with Gasteiger partial charge < -0.3 is 9.88 Å². The molecule has 0 atom stereocenters. The Morgan fingerprint density at radius 3 is 2.84 bits per heavy atom. The highest BCUT2D eigenvalue weighted by molar-refractivity contribution is 5.66. The van der Waals surface area contributed by atoms with Crippen LogP contribution in [-0.2, 0) is 6.54 Å². The SMILES string of the molecule is CCNc1c(Cn2ccnc2C)cccc1[N+](=O)[O-]. The van der Waals surface area contributed by atoms with Crippen molar-refractivity contribution >= 4 is 11.4 Å². The number of imidazole rings is 1. The van der Waals surface area contributed by atoms with Gasteiger partial charge in [-0.05, 0) is 13.8 Å². The number of nitrogens with one attached hydrogen (secondary N) is 1. The summed E-state index contributed by atoms with van der Waals surface area (Å²) in [5.74, 6) is 0.883. The lowest BCUT2D eigenvalue weighted by Crippen LogP contribution is -2.08. The molecule has 1 N–H and O–H groups in total. The molecule has 0 bridgehead atoms. The lowest BCUT2D eigenvalue weighted by molar-refractivity contribution is -0.384. The number of hydrogen-bond donors (Lipinski definition) is 1. The van der Waals surface area contributed by atoms with E-state index in [2.05, 4.69) is 10.3 Å². The van der Waals surface area contributed by atoms with Gasteiger partial charge in [0.15, 0.2) is 0 Å². The standard InChI is InChI=1S/C13H16N4O2/c1-3-14-13-11(5-4-6-12(13)17(18)19)9-16-8-7-15-10(16)2/h4-8,14H,3,9H2,1-2H3. The Balaban J connectivity index is 2.42. The van der Waals surface area contributed by atoms with E-state index in [9.17, 15) is 10.1 Å². The van der Waals surface area contributed by atoms with Crippen molar-refractivity contribution in [1.29, 1.82) is 0 Å². The molecule has 0 saturated heterocycles. The quantitative estimate of drug-likeness (QED) is 0.662. The molecule has 2 rings (SSSR count). The zero-order valence-corrected chi connectivity index (χ0v) is 11.0. The molecule has 100 valence electrons. The first-order valence-corrected chi connectivity index (χ1v) is 6.11. The van der Waals surface area contributed by atoms with Gasteiger partial charge in [0.2, 0.25) is 0 Å². The van der Waals surface area contributed by atoms with Gasteiger partial charge in [-0.15, -0.1) is 0 Å². The first-order valence-electron chi connectivity index (χ1n) is 6.11. The van der Waals surface area contributed by atoms with Crippen molar-refractivity contribution in [2.45, 2.75) is 20.4 Å². The zero-order valence-electron chi connectivity index (χ0n) is 11.0. The number of aryl methyl sites for hydroxylation is 1. The lowest BCUT2D eigenvalue weighted by atomic mass is 10.1. The Morgan fingerprint density at radius 1 is 1.47 bits per heavy atom. The third-order valence-electron chi connectivity index (χ3n) is 2.94. The zero-order chi connectivity index (χ0) is 13.8. The number of hydrogen-bond acceptors (Lipinski definition) is 4. The predicted molar refractivity (Wildman–Crippen MR) is 73.3 cm³/mol. The molecule has 0 fully saturated rings. The third kappa shape index (κ3) is 2.73. The maximum Gasteiger partial charge on any atom is 0.292 e. The van der Waals surface area contributed by atoms with Gasteiger partial charge in [-0.25, -0.2) is 4.98 Å². The van der Waals surface area contributed by atoms with Crippen molar-refractivity contribution in [3.05, 3.63) is 52.1 Å². The summed E-state index contributed by atoms with van der Waals surface area (Å²) in [7, 11) is 0. The summed E-state index contributed by atoms with van der Waals surface area (Å²) in [6.07, 6.45) is 3.59. The molecule has 1 aromatic heterocycles. The van der Waals surface area contributed by atoms with Gasteiger partial charge in [-0.3, -0.25) is 10.1 Å². The molecule has 1 aromatic carbocycles. The second kappa shape index (κ2) is 5.51. The van der Waals surface area contributed by atoms with Crippen LogP contribution in [0.4, 0.5) is 11.4 Å². The first kappa shape index (κ1) is 13.1.